The van der Waals surface area contributed by atoms with Crippen LogP contribution >= 0.6 is 23.1 Å². The minimum absolute atomic E-state index is 0.0488. The molecule has 0 N–H and O–H groups in total. The quantitative estimate of drug-likeness (QED) is 0.397. The number of thioether (sulfide) groups is 1. The van der Waals surface area contributed by atoms with Crippen LogP contribution < -0.4 is 0 Å². The maximum Gasteiger partial charge on any atom is 0.410 e. The standard InChI is InChI=1S/C18H23N3O4S2/c1-18(2,3)25-17(22)20-9-5-4-6-13(20)11-26-16-19-14-10-12(21(23)24)7-8-15(14)27-16/h7-8,10,13H,4-6,9,11H2,1-3H3/t13-/m1/s1. The molecular formula is C18H23N3O4S2. The number of carbonyl (C=O) groups excluding carboxylic acids is 1. The van der Waals surface area contributed by atoms with Gasteiger partial charge in [-0.1, -0.05) is 11.8 Å². The van der Waals surface area contributed by atoms with Gasteiger partial charge in [-0.25, -0.2) is 9.78 Å². The Morgan fingerprint density at radius 1 is 1.44 bits per heavy atom. The van der Waals surface area contributed by atoms with Crippen molar-refractivity contribution < 1.29 is 14.5 Å². The number of piperidine rings is 1. The lowest BCUT2D eigenvalue weighted by atomic mass is 10.0. The van der Waals surface area contributed by atoms with E-state index < -0.39 is 10.5 Å². The minimum atomic E-state index is -0.506. The molecular weight excluding hydrogens is 386 g/mol. The first-order chi connectivity index (χ1) is 12.7. The molecule has 3 rings (SSSR count). The topological polar surface area (TPSA) is 85.6 Å². The number of thiazole rings is 1. The first-order valence-electron chi connectivity index (χ1n) is 8.90. The van der Waals surface area contributed by atoms with Crippen molar-refractivity contribution in [3.63, 3.8) is 0 Å². The molecule has 27 heavy (non-hydrogen) atoms. The van der Waals surface area contributed by atoms with Crippen molar-refractivity contribution in [1.82, 2.24) is 9.88 Å². The molecule has 1 fully saturated rings. The zero-order valence-electron chi connectivity index (χ0n) is 15.6. The van der Waals surface area contributed by atoms with Crippen molar-refractivity contribution in [2.45, 2.75) is 56.0 Å². The van der Waals surface area contributed by atoms with Gasteiger partial charge in [0.15, 0.2) is 4.34 Å². The number of benzene rings is 1. The second-order valence-corrected chi connectivity index (χ2v) is 9.82. The number of fused-ring (bicyclic) bond motifs is 1. The number of aromatic nitrogens is 1. The van der Waals surface area contributed by atoms with Gasteiger partial charge in [-0.2, -0.15) is 0 Å². The monoisotopic (exact) mass is 409 g/mol. The first kappa shape index (κ1) is 19.9. The van der Waals surface area contributed by atoms with E-state index in [0.29, 0.717) is 12.1 Å². The molecule has 1 amide bonds. The molecule has 7 nitrogen and oxygen atoms in total. The molecule has 1 saturated heterocycles. The molecule has 2 aromatic rings. The number of rotatable bonds is 4. The second-order valence-electron chi connectivity index (χ2n) is 7.52. The van der Waals surface area contributed by atoms with E-state index in [0.717, 1.165) is 34.1 Å². The van der Waals surface area contributed by atoms with Crippen LogP contribution in [0.3, 0.4) is 0 Å². The number of nitrogens with zero attached hydrogens (tertiary/aromatic N) is 3. The third-order valence-corrected chi connectivity index (χ3v) is 6.54. The van der Waals surface area contributed by atoms with Gasteiger partial charge in [0.1, 0.15) is 5.60 Å². The lowest BCUT2D eigenvalue weighted by Gasteiger charge is -2.36. The summed E-state index contributed by atoms with van der Waals surface area (Å²) in [6.45, 7) is 6.34. The van der Waals surface area contributed by atoms with Gasteiger partial charge >= 0.3 is 6.09 Å². The van der Waals surface area contributed by atoms with E-state index in [1.54, 1.807) is 17.8 Å². The maximum atomic E-state index is 12.5. The summed E-state index contributed by atoms with van der Waals surface area (Å²) in [5, 5.41) is 10.9. The lowest BCUT2D eigenvalue weighted by molar-refractivity contribution is -0.384. The van der Waals surface area contributed by atoms with E-state index in [2.05, 4.69) is 4.98 Å². The van der Waals surface area contributed by atoms with Gasteiger partial charge in [-0.05, 0) is 46.1 Å². The van der Waals surface area contributed by atoms with Crippen LogP contribution in [0.4, 0.5) is 10.5 Å². The molecule has 2 heterocycles. The van der Waals surface area contributed by atoms with E-state index in [9.17, 15) is 14.9 Å². The Kier molecular flexibility index (Phi) is 5.90. The molecule has 0 radical (unpaired) electrons. The van der Waals surface area contributed by atoms with Crippen LogP contribution in [-0.4, -0.2) is 44.8 Å². The van der Waals surface area contributed by atoms with Crippen molar-refractivity contribution in [3.8, 4) is 0 Å². The van der Waals surface area contributed by atoms with Crippen molar-refractivity contribution >= 4 is 45.1 Å². The number of amides is 1. The van der Waals surface area contributed by atoms with Crippen LogP contribution in [0.5, 0.6) is 0 Å². The van der Waals surface area contributed by atoms with Crippen LogP contribution in [-0.2, 0) is 4.74 Å². The maximum absolute atomic E-state index is 12.5. The highest BCUT2D eigenvalue weighted by molar-refractivity contribution is 8.01. The van der Waals surface area contributed by atoms with Crippen molar-refractivity contribution in [3.05, 3.63) is 28.3 Å². The van der Waals surface area contributed by atoms with Crippen LogP contribution in [0.2, 0.25) is 0 Å². The number of ether oxygens (including phenoxy) is 1. The van der Waals surface area contributed by atoms with Crippen molar-refractivity contribution in [1.29, 1.82) is 0 Å². The number of likely N-dealkylation sites (tertiary alicyclic amines) is 1. The predicted molar refractivity (Wildman–Crippen MR) is 108 cm³/mol. The van der Waals surface area contributed by atoms with Crippen LogP contribution in [0.25, 0.3) is 10.2 Å². The molecule has 1 aromatic heterocycles. The molecule has 9 heteroatoms. The Morgan fingerprint density at radius 3 is 2.93 bits per heavy atom. The van der Waals surface area contributed by atoms with Gasteiger partial charge in [0.25, 0.3) is 5.69 Å². The van der Waals surface area contributed by atoms with Crippen LogP contribution in [0, 0.1) is 10.1 Å². The Hall–Kier alpha value is -1.87. The van der Waals surface area contributed by atoms with Gasteiger partial charge in [-0.15, -0.1) is 11.3 Å². The zero-order valence-corrected chi connectivity index (χ0v) is 17.3. The molecule has 1 atom stereocenters. The summed E-state index contributed by atoms with van der Waals surface area (Å²) in [5.74, 6) is 0.737. The highest BCUT2D eigenvalue weighted by Gasteiger charge is 2.30. The summed E-state index contributed by atoms with van der Waals surface area (Å²) in [7, 11) is 0. The predicted octanol–water partition coefficient (Wildman–Crippen LogP) is 5.09. The smallest absolute Gasteiger partial charge is 0.410 e. The zero-order chi connectivity index (χ0) is 19.6. The summed E-state index contributed by atoms with van der Waals surface area (Å²) >= 11 is 3.11. The van der Waals surface area contributed by atoms with Gasteiger partial charge in [0.05, 0.1) is 15.1 Å². The normalized spacial score (nSPS) is 17.9. The molecule has 0 bridgehead atoms. The molecule has 146 valence electrons. The van der Waals surface area contributed by atoms with E-state index in [1.807, 2.05) is 25.7 Å². The highest BCUT2D eigenvalue weighted by Crippen LogP contribution is 2.33. The third-order valence-electron chi connectivity index (χ3n) is 4.22. The number of carbonyl (C=O) groups is 1. The van der Waals surface area contributed by atoms with Crippen LogP contribution in [0.1, 0.15) is 40.0 Å². The van der Waals surface area contributed by atoms with E-state index >= 15 is 0 Å². The summed E-state index contributed by atoms with van der Waals surface area (Å²) in [4.78, 5) is 29.3. The number of nitro groups is 1. The summed E-state index contributed by atoms with van der Waals surface area (Å²) in [6, 6.07) is 4.85. The average molecular weight is 410 g/mol. The minimum Gasteiger partial charge on any atom is -0.444 e. The molecule has 1 aliphatic heterocycles. The van der Waals surface area contributed by atoms with Gasteiger partial charge in [-0.3, -0.25) is 10.1 Å². The fourth-order valence-electron chi connectivity index (χ4n) is 2.97. The highest BCUT2D eigenvalue weighted by atomic mass is 32.2. The fourth-order valence-corrected chi connectivity index (χ4v) is 5.20. The number of hydrogen-bond acceptors (Lipinski definition) is 7. The number of hydrogen-bond donors (Lipinski definition) is 0. The molecule has 0 aliphatic carbocycles. The van der Waals surface area contributed by atoms with Crippen molar-refractivity contribution in [2.24, 2.45) is 0 Å². The first-order valence-corrected chi connectivity index (χ1v) is 10.7. The number of nitro benzene ring substituents is 1. The van der Waals surface area contributed by atoms with Crippen LogP contribution in [0.15, 0.2) is 22.5 Å². The lowest BCUT2D eigenvalue weighted by Crippen LogP contribution is -2.47. The summed E-state index contributed by atoms with van der Waals surface area (Å²) in [6.07, 6.45) is 2.78. The summed E-state index contributed by atoms with van der Waals surface area (Å²) < 4.78 is 7.33. The Labute approximate surface area is 166 Å². The Balaban J connectivity index is 1.67. The number of non-ortho nitro benzene ring substituents is 1. The molecule has 1 aromatic carbocycles. The molecule has 0 saturated carbocycles. The van der Waals surface area contributed by atoms with Gasteiger partial charge in [0, 0.05) is 30.5 Å². The largest absolute Gasteiger partial charge is 0.444 e. The second kappa shape index (κ2) is 8.02. The fraction of sp³-hybridized carbons (Fsp3) is 0.556. The Morgan fingerprint density at radius 2 is 2.22 bits per heavy atom. The molecule has 0 unspecified atom stereocenters. The van der Waals surface area contributed by atoms with Gasteiger partial charge in [0.2, 0.25) is 0 Å². The van der Waals surface area contributed by atoms with E-state index in [1.165, 1.54) is 23.5 Å². The van der Waals surface area contributed by atoms with Gasteiger partial charge < -0.3 is 9.64 Å². The van der Waals surface area contributed by atoms with E-state index in [-0.39, 0.29) is 17.8 Å². The Bertz CT molecular complexity index is 847. The SMILES string of the molecule is CC(C)(C)OC(=O)N1CCCC[C@@H]1CSc1nc2cc([N+](=O)[O-])ccc2s1. The van der Waals surface area contributed by atoms with E-state index in [4.69, 9.17) is 4.74 Å². The average Bonchev–Trinajstić information content (AvgIpc) is 3.00. The van der Waals surface area contributed by atoms with Crippen molar-refractivity contribution in [2.75, 3.05) is 12.3 Å². The third kappa shape index (κ3) is 5.10. The molecule has 1 aliphatic rings. The summed E-state index contributed by atoms with van der Waals surface area (Å²) in [5.41, 5.74) is 0.186. The molecule has 0 spiro atoms.